The molecule has 0 aliphatic heterocycles. The smallest absolute Gasteiger partial charge is 0.434 e. The quantitative estimate of drug-likeness (QED) is 0.646. The lowest BCUT2D eigenvalue weighted by Crippen LogP contribution is -2.28. The number of aromatic nitrogens is 2. The van der Waals surface area contributed by atoms with Crippen LogP contribution in [0.5, 0.6) is 5.75 Å². The minimum absolute atomic E-state index is 0.0981. The molecule has 1 heterocycles. The molecule has 8 heteroatoms. The maximum absolute atomic E-state index is 13.2. The molecule has 0 spiro atoms. The maximum atomic E-state index is 13.2. The van der Waals surface area contributed by atoms with Crippen molar-refractivity contribution in [2.24, 2.45) is 0 Å². The molecule has 0 aliphatic carbocycles. The first-order valence-corrected chi connectivity index (χ1v) is 7.99. The zero-order valence-corrected chi connectivity index (χ0v) is 14.6. The summed E-state index contributed by atoms with van der Waals surface area (Å²) in [7, 11) is 1.53. The summed E-state index contributed by atoms with van der Waals surface area (Å²) in [5.74, 6) is 0.647. The van der Waals surface area contributed by atoms with Gasteiger partial charge in [-0.15, -0.1) is 0 Å². The van der Waals surface area contributed by atoms with Crippen molar-refractivity contribution < 1.29 is 17.9 Å². The van der Waals surface area contributed by atoms with Gasteiger partial charge in [0, 0.05) is 9.86 Å². The van der Waals surface area contributed by atoms with E-state index in [4.69, 9.17) is 4.74 Å². The highest BCUT2D eigenvalue weighted by atomic mass is 79.9. The third kappa shape index (κ3) is 3.53. The van der Waals surface area contributed by atoms with Crippen molar-refractivity contribution in [2.75, 3.05) is 7.11 Å². The average Bonchev–Trinajstić information content (AvgIpc) is 2.56. The van der Waals surface area contributed by atoms with Gasteiger partial charge in [0.15, 0.2) is 5.69 Å². The Bertz CT molecular complexity index is 982. The molecule has 0 aliphatic rings. The zero-order chi connectivity index (χ0) is 18.2. The molecule has 2 aromatic carbocycles. The van der Waals surface area contributed by atoms with Gasteiger partial charge in [-0.05, 0) is 35.9 Å². The summed E-state index contributed by atoms with van der Waals surface area (Å²) in [5, 5.41) is -0.121. The number of ether oxygens (including phenoxy) is 1. The van der Waals surface area contributed by atoms with E-state index in [-0.39, 0.29) is 17.4 Å². The second-order valence-corrected chi connectivity index (χ2v) is 6.25. The van der Waals surface area contributed by atoms with Crippen LogP contribution in [0.3, 0.4) is 0 Å². The summed E-state index contributed by atoms with van der Waals surface area (Å²) in [4.78, 5) is 15.5. The highest BCUT2D eigenvalue weighted by Gasteiger charge is 2.36. The van der Waals surface area contributed by atoms with Gasteiger partial charge >= 0.3 is 11.9 Å². The number of hydrogen-bond donors (Lipinski definition) is 0. The van der Waals surface area contributed by atoms with E-state index in [2.05, 4.69) is 20.9 Å². The van der Waals surface area contributed by atoms with Gasteiger partial charge in [-0.25, -0.2) is 4.79 Å². The van der Waals surface area contributed by atoms with Crippen LogP contribution < -0.4 is 10.4 Å². The molecule has 4 nitrogen and oxygen atoms in total. The lowest BCUT2D eigenvalue weighted by molar-refractivity contribution is -0.140. The van der Waals surface area contributed by atoms with Crippen LogP contribution in [0.4, 0.5) is 13.2 Å². The molecule has 0 atom stereocenters. The Balaban J connectivity index is 2.19. The molecule has 0 saturated carbocycles. The van der Waals surface area contributed by atoms with Crippen LogP contribution in [0.2, 0.25) is 0 Å². The minimum Gasteiger partial charge on any atom is -0.497 e. The molecule has 0 unspecified atom stereocenters. The van der Waals surface area contributed by atoms with Gasteiger partial charge in [-0.2, -0.15) is 18.2 Å². The third-order valence-electron chi connectivity index (χ3n) is 3.71. The highest BCUT2D eigenvalue weighted by Crippen LogP contribution is 2.33. The predicted octanol–water partition coefficient (Wildman–Crippen LogP) is 4.23. The lowest BCUT2D eigenvalue weighted by Gasteiger charge is -2.14. The van der Waals surface area contributed by atoms with Crippen LogP contribution in [0.25, 0.3) is 10.9 Å². The fraction of sp³-hybridized carbons (Fsp3) is 0.176. The molecule has 0 N–H and O–H groups in total. The fourth-order valence-electron chi connectivity index (χ4n) is 2.53. The van der Waals surface area contributed by atoms with Crippen LogP contribution in [0, 0.1) is 0 Å². The van der Waals surface area contributed by atoms with E-state index in [0.717, 1.165) is 5.56 Å². The number of alkyl halides is 3. The maximum Gasteiger partial charge on any atom is 0.434 e. The third-order valence-corrected chi connectivity index (χ3v) is 4.21. The number of methoxy groups -OCH3 is 1. The number of halogens is 4. The van der Waals surface area contributed by atoms with Crippen molar-refractivity contribution in [3.8, 4) is 5.75 Å². The number of fused-ring (bicyclic) bond motifs is 1. The first-order valence-electron chi connectivity index (χ1n) is 7.20. The molecule has 0 amide bonds. The first kappa shape index (κ1) is 17.5. The molecule has 0 fully saturated rings. The highest BCUT2D eigenvalue weighted by molar-refractivity contribution is 9.10. The Hall–Kier alpha value is -2.35. The molecule has 1 aromatic heterocycles. The van der Waals surface area contributed by atoms with Crippen molar-refractivity contribution in [2.45, 2.75) is 12.7 Å². The Kier molecular flexibility index (Phi) is 4.55. The summed E-state index contributed by atoms with van der Waals surface area (Å²) in [6, 6.07) is 11.2. The second-order valence-electron chi connectivity index (χ2n) is 5.34. The van der Waals surface area contributed by atoms with Gasteiger partial charge in [-0.3, -0.25) is 4.57 Å². The Morgan fingerprint density at radius 3 is 2.44 bits per heavy atom. The number of nitrogens with zero attached hydrogens (tertiary/aromatic N) is 2. The molecule has 0 bridgehead atoms. The SMILES string of the molecule is COc1ccc(Cn2c(=O)nc(C(F)(F)F)c3ccc(Br)cc32)cc1. The molecular formula is C17H12BrF3N2O2. The summed E-state index contributed by atoms with van der Waals surface area (Å²) in [5.41, 5.74) is -1.22. The molecule has 3 rings (SSSR count). The van der Waals surface area contributed by atoms with Crippen molar-refractivity contribution in [1.82, 2.24) is 9.55 Å². The van der Waals surface area contributed by atoms with Crippen LogP contribution in [-0.4, -0.2) is 16.7 Å². The zero-order valence-electron chi connectivity index (χ0n) is 13.0. The summed E-state index contributed by atoms with van der Waals surface area (Å²) >= 11 is 3.24. The molecular weight excluding hydrogens is 401 g/mol. The average molecular weight is 413 g/mol. The van der Waals surface area contributed by atoms with E-state index in [9.17, 15) is 18.0 Å². The van der Waals surface area contributed by atoms with E-state index in [1.54, 1.807) is 24.3 Å². The summed E-state index contributed by atoms with van der Waals surface area (Å²) in [6.45, 7) is 0.0981. The van der Waals surface area contributed by atoms with Gasteiger partial charge in [0.25, 0.3) is 0 Å². The second kappa shape index (κ2) is 6.51. The molecule has 0 radical (unpaired) electrons. The van der Waals surface area contributed by atoms with Gasteiger partial charge < -0.3 is 4.74 Å². The van der Waals surface area contributed by atoms with E-state index in [0.29, 0.717) is 10.2 Å². The number of hydrogen-bond acceptors (Lipinski definition) is 3. The molecule has 130 valence electrons. The topological polar surface area (TPSA) is 44.1 Å². The van der Waals surface area contributed by atoms with E-state index < -0.39 is 17.6 Å². The van der Waals surface area contributed by atoms with Gasteiger partial charge in [0.05, 0.1) is 19.2 Å². The Morgan fingerprint density at radius 2 is 1.84 bits per heavy atom. The van der Waals surface area contributed by atoms with Crippen LogP contribution in [-0.2, 0) is 12.7 Å². The minimum atomic E-state index is -4.70. The lowest BCUT2D eigenvalue weighted by atomic mass is 10.1. The largest absolute Gasteiger partial charge is 0.497 e. The van der Waals surface area contributed by atoms with E-state index in [1.165, 1.54) is 29.9 Å². The Morgan fingerprint density at radius 1 is 1.16 bits per heavy atom. The van der Waals surface area contributed by atoms with Crippen LogP contribution >= 0.6 is 15.9 Å². The summed E-state index contributed by atoms with van der Waals surface area (Å²) in [6.07, 6.45) is -4.70. The normalized spacial score (nSPS) is 11.7. The molecule has 3 aromatic rings. The van der Waals surface area contributed by atoms with Crippen molar-refractivity contribution in [3.05, 3.63) is 68.7 Å². The first-order chi connectivity index (χ1) is 11.8. The van der Waals surface area contributed by atoms with E-state index in [1.807, 2.05) is 0 Å². The van der Waals surface area contributed by atoms with Gasteiger partial charge in [0.2, 0.25) is 0 Å². The monoisotopic (exact) mass is 412 g/mol. The Labute approximate surface area is 149 Å². The standard InChI is InChI=1S/C17H12BrF3N2O2/c1-25-12-5-2-10(3-6-12)9-23-14-8-11(18)4-7-13(14)15(17(19,20)21)22-16(23)24/h2-8H,9H2,1H3. The predicted molar refractivity (Wildman–Crippen MR) is 90.8 cm³/mol. The fourth-order valence-corrected chi connectivity index (χ4v) is 2.88. The van der Waals surface area contributed by atoms with Crippen molar-refractivity contribution in [1.29, 1.82) is 0 Å². The molecule has 0 saturated heterocycles. The van der Waals surface area contributed by atoms with Crippen LogP contribution in [0.1, 0.15) is 11.3 Å². The van der Waals surface area contributed by atoms with Crippen molar-refractivity contribution in [3.63, 3.8) is 0 Å². The summed E-state index contributed by atoms with van der Waals surface area (Å²) < 4.78 is 46.5. The molecule has 25 heavy (non-hydrogen) atoms. The number of benzene rings is 2. The van der Waals surface area contributed by atoms with Gasteiger partial charge in [0.1, 0.15) is 5.75 Å². The number of rotatable bonds is 3. The van der Waals surface area contributed by atoms with Crippen LogP contribution in [0.15, 0.2) is 51.7 Å². The van der Waals surface area contributed by atoms with Crippen molar-refractivity contribution >= 4 is 26.8 Å². The van der Waals surface area contributed by atoms with Gasteiger partial charge in [-0.1, -0.05) is 28.1 Å². The van der Waals surface area contributed by atoms with E-state index >= 15 is 0 Å².